The molecule has 1 amide bonds. The minimum absolute atomic E-state index is 0.177. The molecule has 0 radical (unpaired) electrons. The van der Waals surface area contributed by atoms with Crippen molar-refractivity contribution in [3.8, 4) is 11.3 Å². The van der Waals surface area contributed by atoms with E-state index in [-0.39, 0.29) is 5.91 Å². The average molecular weight is 465 g/mol. The van der Waals surface area contributed by atoms with Crippen molar-refractivity contribution >= 4 is 23.5 Å². The summed E-state index contributed by atoms with van der Waals surface area (Å²) >= 11 is 1.53. The van der Waals surface area contributed by atoms with E-state index < -0.39 is 0 Å². The molecule has 1 saturated heterocycles. The number of benzene rings is 1. The number of piperidine rings is 1. The van der Waals surface area contributed by atoms with Crippen LogP contribution >= 0.6 is 11.8 Å². The summed E-state index contributed by atoms with van der Waals surface area (Å²) < 4.78 is 5.78. The first-order valence-corrected chi connectivity index (χ1v) is 12.7. The maximum Gasteiger partial charge on any atom is 0.287 e. The van der Waals surface area contributed by atoms with E-state index in [9.17, 15) is 4.79 Å². The number of nitrogens with zero attached hydrogens (tertiary/aromatic N) is 3. The Balaban J connectivity index is 1.52. The van der Waals surface area contributed by atoms with Gasteiger partial charge in [0.25, 0.3) is 5.91 Å². The summed E-state index contributed by atoms with van der Waals surface area (Å²) in [5.74, 6) is 2.83. The van der Waals surface area contributed by atoms with Gasteiger partial charge in [-0.3, -0.25) is 4.79 Å². The molecular weight excluding hydrogens is 432 g/mol. The largest absolute Gasteiger partial charge is 0.455 e. The Labute approximate surface area is 200 Å². The molecule has 1 unspecified atom stereocenters. The van der Waals surface area contributed by atoms with Gasteiger partial charge >= 0.3 is 0 Å². The van der Waals surface area contributed by atoms with Crippen LogP contribution in [0.25, 0.3) is 11.3 Å². The Hall–Kier alpha value is -2.80. The Morgan fingerprint density at radius 3 is 2.76 bits per heavy atom. The summed E-state index contributed by atoms with van der Waals surface area (Å²) in [5.41, 5.74) is 2.00. The number of rotatable bonds is 8. The zero-order valence-electron chi connectivity index (χ0n) is 19.6. The van der Waals surface area contributed by atoms with Gasteiger partial charge < -0.3 is 14.6 Å². The zero-order valence-corrected chi connectivity index (χ0v) is 20.4. The topological polar surface area (TPSA) is 71.3 Å². The maximum absolute atomic E-state index is 12.2. The predicted molar refractivity (Wildman–Crippen MR) is 134 cm³/mol. The van der Waals surface area contributed by atoms with Crippen molar-refractivity contribution < 1.29 is 9.21 Å². The molecule has 7 heteroatoms. The number of hydrogen-bond donors (Lipinski definition) is 1. The monoisotopic (exact) mass is 464 g/mol. The standard InChI is InChI=1S/C26H32N4O2S/c1-18(2)16-27-25(31)23-13-12-21(32-23)17-33-26-28-22(20-10-5-4-6-11-20)15-24(29-26)30-14-8-7-9-19(30)3/h4-6,10-13,15,18-19H,7-9,14,16-17H2,1-3H3,(H,27,31). The number of carbonyl (C=O) groups excluding carboxylic acids is 1. The van der Waals surface area contributed by atoms with E-state index in [0.29, 0.717) is 35.2 Å². The van der Waals surface area contributed by atoms with Gasteiger partial charge in [-0.1, -0.05) is 55.9 Å². The summed E-state index contributed by atoms with van der Waals surface area (Å²) in [4.78, 5) is 24.4. The number of hydrogen-bond acceptors (Lipinski definition) is 6. The highest BCUT2D eigenvalue weighted by molar-refractivity contribution is 7.98. The van der Waals surface area contributed by atoms with Crippen LogP contribution in [-0.2, 0) is 5.75 Å². The SMILES string of the molecule is CC(C)CNC(=O)c1ccc(CSc2nc(-c3ccccc3)cc(N3CCCCC3C)n2)o1. The van der Waals surface area contributed by atoms with Gasteiger partial charge in [0.05, 0.1) is 11.4 Å². The molecule has 33 heavy (non-hydrogen) atoms. The van der Waals surface area contributed by atoms with Gasteiger partial charge in [0.2, 0.25) is 0 Å². The third kappa shape index (κ3) is 6.16. The quantitative estimate of drug-likeness (QED) is 0.336. The van der Waals surface area contributed by atoms with Gasteiger partial charge in [-0.25, -0.2) is 9.97 Å². The third-order valence-corrected chi connectivity index (χ3v) is 6.63. The lowest BCUT2D eigenvalue weighted by molar-refractivity contribution is 0.0920. The first-order chi connectivity index (χ1) is 16.0. The van der Waals surface area contributed by atoms with Crippen molar-refractivity contribution in [3.05, 3.63) is 60.1 Å². The second-order valence-electron chi connectivity index (χ2n) is 8.96. The molecule has 4 rings (SSSR count). The number of furan rings is 1. The molecule has 0 saturated carbocycles. The summed E-state index contributed by atoms with van der Waals surface area (Å²) in [6.45, 7) is 8.04. The van der Waals surface area contributed by atoms with Crippen LogP contribution in [0.1, 0.15) is 56.3 Å². The maximum atomic E-state index is 12.2. The minimum Gasteiger partial charge on any atom is -0.455 e. The lowest BCUT2D eigenvalue weighted by Gasteiger charge is -2.34. The minimum atomic E-state index is -0.177. The van der Waals surface area contributed by atoms with Crippen molar-refractivity contribution in [1.82, 2.24) is 15.3 Å². The normalized spacial score (nSPS) is 16.2. The van der Waals surface area contributed by atoms with Gasteiger partial charge in [0.1, 0.15) is 11.6 Å². The summed E-state index contributed by atoms with van der Waals surface area (Å²) in [5, 5.41) is 3.60. The highest BCUT2D eigenvalue weighted by atomic mass is 32.2. The van der Waals surface area contributed by atoms with Crippen molar-refractivity contribution in [2.45, 2.75) is 57.0 Å². The molecule has 1 N–H and O–H groups in total. The Kier molecular flexibility index (Phi) is 7.70. The molecule has 3 aromatic rings. The highest BCUT2D eigenvalue weighted by Crippen LogP contribution is 2.30. The Bertz CT molecular complexity index is 1070. The van der Waals surface area contributed by atoms with Crippen molar-refractivity contribution in [2.24, 2.45) is 5.92 Å². The number of aromatic nitrogens is 2. The molecule has 1 aliphatic rings. The van der Waals surface area contributed by atoms with E-state index in [1.165, 1.54) is 31.0 Å². The van der Waals surface area contributed by atoms with Crippen LogP contribution in [-0.4, -0.2) is 35.0 Å². The van der Waals surface area contributed by atoms with Crippen LogP contribution in [0.15, 0.2) is 58.1 Å². The third-order valence-electron chi connectivity index (χ3n) is 5.76. The number of thioether (sulfide) groups is 1. The first kappa shape index (κ1) is 23.4. The van der Waals surface area contributed by atoms with Crippen LogP contribution in [0, 0.1) is 5.92 Å². The number of nitrogens with one attached hydrogen (secondary N) is 1. The highest BCUT2D eigenvalue weighted by Gasteiger charge is 2.21. The fourth-order valence-corrected chi connectivity index (χ4v) is 4.66. The van der Waals surface area contributed by atoms with Gasteiger partial charge in [0.15, 0.2) is 10.9 Å². The van der Waals surface area contributed by atoms with Crippen LogP contribution in [0.4, 0.5) is 5.82 Å². The van der Waals surface area contributed by atoms with E-state index in [4.69, 9.17) is 14.4 Å². The molecular formula is C26H32N4O2S. The van der Waals surface area contributed by atoms with Gasteiger partial charge in [-0.2, -0.15) is 0 Å². The molecule has 6 nitrogen and oxygen atoms in total. The predicted octanol–water partition coefficient (Wildman–Crippen LogP) is 5.79. The fourth-order valence-electron chi connectivity index (χ4n) is 3.92. The second kappa shape index (κ2) is 10.9. The van der Waals surface area contributed by atoms with E-state index in [1.54, 1.807) is 6.07 Å². The Morgan fingerprint density at radius 1 is 1.18 bits per heavy atom. The lowest BCUT2D eigenvalue weighted by atomic mass is 10.0. The zero-order chi connectivity index (χ0) is 23.2. The van der Waals surface area contributed by atoms with E-state index in [1.807, 2.05) is 24.3 Å². The van der Waals surface area contributed by atoms with Gasteiger partial charge in [-0.05, 0) is 44.2 Å². The van der Waals surface area contributed by atoms with Crippen LogP contribution in [0.5, 0.6) is 0 Å². The Morgan fingerprint density at radius 2 is 2.00 bits per heavy atom. The molecule has 3 heterocycles. The number of amides is 1. The molecule has 2 aromatic heterocycles. The summed E-state index contributed by atoms with van der Waals surface area (Å²) in [6.07, 6.45) is 3.63. The van der Waals surface area contributed by atoms with E-state index >= 15 is 0 Å². The summed E-state index contributed by atoms with van der Waals surface area (Å²) in [7, 11) is 0. The van der Waals surface area contributed by atoms with Crippen molar-refractivity contribution in [2.75, 3.05) is 18.0 Å². The van der Waals surface area contributed by atoms with Crippen LogP contribution < -0.4 is 10.2 Å². The number of carbonyl (C=O) groups is 1. The van der Waals surface area contributed by atoms with Crippen molar-refractivity contribution in [1.29, 1.82) is 0 Å². The van der Waals surface area contributed by atoms with Gasteiger partial charge in [0, 0.05) is 30.8 Å². The molecule has 174 valence electrons. The molecule has 1 aromatic carbocycles. The fraction of sp³-hybridized carbons (Fsp3) is 0.423. The molecule has 0 spiro atoms. The van der Waals surface area contributed by atoms with Gasteiger partial charge in [-0.15, -0.1) is 0 Å². The molecule has 1 aliphatic heterocycles. The van der Waals surface area contributed by atoms with Crippen LogP contribution in [0.2, 0.25) is 0 Å². The molecule has 1 atom stereocenters. The van der Waals surface area contributed by atoms with Crippen LogP contribution in [0.3, 0.4) is 0 Å². The molecule has 1 fully saturated rings. The molecule has 0 aliphatic carbocycles. The lowest BCUT2D eigenvalue weighted by Crippen LogP contribution is -2.38. The van der Waals surface area contributed by atoms with E-state index in [0.717, 1.165) is 29.4 Å². The number of anilines is 1. The average Bonchev–Trinajstić information content (AvgIpc) is 3.31. The second-order valence-corrected chi connectivity index (χ2v) is 9.90. The first-order valence-electron chi connectivity index (χ1n) is 11.7. The van der Waals surface area contributed by atoms with Crippen molar-refractivity contribution in [3.63, 3.8) is 0 Å². The summed E-state index contributed by atoms with van der Waals surface area (Å²) in [6, 6.07) is 16.4. The van der Waals surface area contributed by atoms with E-state index in [2.05, 4.69) is 49.2 Å². The molecule has 0 bridgehead atoms. The smallest absolute Gasteiger partial charge is 0.287 e.